The number of hydrogen-bond donors (Lipinski definition) is 1. The molecule has 4 aromatic rings. The second-order valence-corrected chi connectivity index (χ2v) is 8.83. The normalized spacial score (nSPS) is 11.1. The van der Waals surface area contributed by atoms with Crippen LogP contribution >= 0.6 is 22.9 Å². The first kappa shape index (κ1) is 20.3. The van der Waals surface area contributed by atoms with Crippen LogP contribution in [0.3, 0.4) is 0 Å². The summed E-state index contributed by atoms with van der Waals surface area (Å²) in [6, 6.07) is 13.1. The van der Waals surface area contributed by atoms with E-state index in [1.54, 1.807) is 12.1 Å². The average molecular weight is 438 g/mol. The SMILES string of the molecule is Cc1cccc(NC(=O)Cn2cnc3sc(C)c(-c4ccc(Cl)cc4)c3c2=O)c1C. The summed E-state index contributed by atoms with van der Waals surface area (Å²) in [5.41, 5.74) is 4.36. The van der Waals surface area contributed by atoms with E-state index in [2.05, 4.69) is 10.3 Å². The Morgan fingerprint density at radius 1 is 1.13 bits per heavy atom. The molecule has 0 bridgehead atoms. The van der Waals surface area contributed by atoms with E-state index >= 15 is 0 Å². The first-order chi connectivity index (χ1) is 14.3. The molecule has 0 fully saturated rings. The molecule has 0 aliphatic rings. The minimum atomic E-state index is -0.271. The van der Waals surface area contributed by atoms with Crippen molar-refractivity contribution in [1.82, 2.24) is 9.55 Å². The second-order valence-electron chi connectivity index (χ2n) is 7.19. The van der Waals surface area contributed by atoms with Crippen LogP contribution in [-0.4, -0.2) is 15.5 Å². The molecule has 0 aliphatic heterocycles. The standard InChI is InChI=1S/C23H20ClN3O2S/c1-13-5-4-6-18(14(13)2)26-19(28)11-27-12-25-22-21(23(27)29)20(15(3)30-22)16-7-9-17(24)10-8-16/h4-10,12H,11H2,1-3H3,(H,26,28). The summed E-state index contributed by atoms with van der Waals surface area (Å²) in [4.78, 5) is 31.9. The number of thiophene rings is 1. The maximum absolute atomic E-state index is 13.2. The van der Waals surface area contributed by atoms with Gasteiger partial charge >= 0.3 is 0 Å². The number of nitrogens with one attached hydrogen (secondary N) is 1. The highest BCUT2D eigenvalue weighted by Crippen LogP contribution is 2.35. The molecule has 2 aromatic heterocycles. The van der Waals surface area contributed by atoms with E-state index in [4.69, 9.17) is 11.6 Å². The molecule has 7 heteroatoms. The number of nitrogens with zero attached hydrogens (tertiary/aromatic N) is 2. The molecule has 5 nitrogen and oxygen atoms in total. The zero-order chi connectivity index (χ0) is 21.4. The van der Waals surface area contributed by atoms with Gasteiger partial charge in [-0.1, -0.05) is 35.9 Å². The fraction of sp³-hybridized carbons (Fsp3) is 0.174. The highest BCUT2D eigenvalue weighted by atomic mass is 35.5. The third kappa shape index (κ3) is 3.76. The summed E-state index contributed by atoms with van der Waals surface area (Å²) >= 11 is 7.48. The van der Waals surface area contributed by atoms with Crippen molar-refractivity contribution in [1.29, 1.82) is 0 Å². The maximum atomic E-state index is 13.2. The number of hydrogen-bond acceptors (Lipinski definition) is 4. The molecule has 1 N–H and O–H groups in total. The summed E-state index contributed by atoms with van der Waals surface area (Å²) in [5.74, 6) is -0.271. The molecule has 0 radical (unpaired) electrons. The van der Waals surface area contributed by atoms with Gasteiger partial charge in [-0.05, 0) is 55.7 Å². The van der Waals surface area contributed by atoms with Gasteiger partial charge in [0, 0.05) is 21.2 Å². The van der Waals surface area contributed by atoms with Crippen molar-refractivity contribution in [2.24, 2.45) is 0 Å². The Kier molecular flexibility index (Phi) is 5.45. The number of anilines is 1. The number of halogens is 1. The van der Waals surface area contributed by atoms with Crippen molar-refractivity contribution in [3.05, 3.63) is 80.2 Å². The van der Waals surface area contributed by atoms with Crippen LogP contribution < -0.4 is 10.9 Å². The van der Waals surface area contributed by atoms with E-state index < -0.39 is 0 Å². The zero-order valence-electron chi connectivity index (χ0n) is 16.8. The average Bonchev–Trinajstić information content (AvgIpc) is 3.05. The van der Waals surface area contributed by atoms with Gasteiger partial charge < -0.3 is 5.32 Å². The fourth-order valence-corrected chi connectivity index (χ4v) is 4.57. The zero-order valence-corrected chi connectivity index (χ0v) is 18.4. The van der Waals surface area contributed by atoms with Gasteiger partial charge in [0.15, 0.2) is 0 Å². The number of aromatic nitrogens is 2. The smallest absolute Gasteiger partial charge is 0.263 e. The summed E-state index contributed by atoms with van der Waals surface area (Å²) in [6.07, 6.45) is 1.44. The number of aryl methyl sites for hydroxylation is 2. The second kappa shape index (κ2) is 8.05. The van der Waals surface area contributed by atoms with Crippen LogP contribution in [0, 0.1) is 20.8 Å². The van der Waals surface area contributed by atoms with Crippen LogP contribution in [0.15, 0.2) is 53.6 Å². The molecule has 0 aliphatic carbocycles. The van der Waals surface area contributed by atoms with Gasteiger partial charge in [-0.25, -0.2) is 4.98 Å². The first-order valence-corrected chi connectivity index (χ1v) is 10.6. The highest BCUT2D eigenvalue weighted by Gasteiger charge is 2.18. The molecule has 0 atom stereocenters. The maximum Gasteiger partial charge on any atom is 0.263 e. The molecule has 0 unspecified atom stereocenters. The van der Waals surface area contributed by atoms with Crippen LogP contribution in [0.1, 0.15) is 16.0 Å². The van der Waals surface area contributed by atoms with Crippen molar-refractivity contribution in [2.75, 3.05) is 5.32 Å². The summed E-state index contributed by atoms with van der Waals surface area (Å²) < 4.78 is 1.36. The molecule has 0 saturated heterocycles. The van der Waals surface area contributed by atoms with Gasteiger partial charge in [0.05, 0.1) is 11.7 Å². The van der Waals surface area contributed by atoms with Crippen molar-refractivity contribution in [3.63, 3.8) is 0 Å². The van der Waals surface area contributed by atoms with Gasteiger partial charge in [-0.2, -0.15) is 0 Å². The van der Waals surface area contributed by atoms with Gasteiger partial charge in [0.25, 0.3) is 5.56 Å². The van der Waals surface area contributed by atoms with Crippen LogP contribution in [0.25, 0.3) is 21.3 Å². The third-order valence-electron chi connectivity index (χ3n) is 5.18. The van der Waals surface area contributed by atoms with Gasteiger partial charge in [-0.15, -0.1) is 11.3 Å². The highest BCUT2D eigenvalue weighted by molar-refractivity contribution is 7.19. The van der Waals surface area contributed by atoms with Gasteiger partial charge in [0.1, 0.15) is 11.4 Å². The lowest BCUT2D eigenvalue weighted by atomic mass is 10.0. The Morgan fingerprint density at radius 2 is 1.87 bits per heavy atom. The molecule has 152 valence electrons. The molecule has 4 rings (SSSR count). The minimum Gasteiger partial charge on any atom is -0.324 e. The van der Waals surface area contributed by atoms with Gasteiger partial charge in [0.2, 0.25) is 5.91 Å². The third-order valence-corrected chi connectivity index (χ3v) is 6.45. The van der Waals surface area contributed by atoms with E-state index in [-0.39, 0.29) is 18.0 Å². The lowest BCUT2D eigenvalue weighted by Gasteiger charge is -2.11. The van der Waals surface area contributed by atoms with Crippen molar-refractivity contribution in [3.8, 4) is 11.1 Å². The van der Waals surface area contributed by atoms with E-state index in [0.717, 1.165) is 32.8 Å². The van der Waals surface area contributed by atoms with E-state index in [9.17, 15) is 9.59 Å². The van der Waals surface area contributed by atoms with E-state index in [0.29, 0.717) is 15.2 Å². The van der Waals surface area contributed by atoms with Crippen LogP contribution in [-0.2, 0) is 11.3 Å². The fourth-order valence-electron chi connectivity index (χ4n) is 3.45. The Labute approximate surface area is 183 Å². The topological polar surface area (TPSA) is 64.0 Å². The molecule has 0 saturated carbocycles. The van der Waals surface area contributed by atoms with E-state index in [1.807, 2.05) is 51.1 Å². The van der Waals surface area contributed by atoms with Crippen LogP contribution in [0.2, 0.25) is 5.02 Å². The lowest BCUT2D eigenvalue weighted by molar-refractivity contribution is -0.116. The number of fused-ring (bicyclic) bond motifs is 1. The Morgan fingerprint density at radius 3 is 2.60 bits per heavy atom. The Balaban J connectivity index is 1.70. The number of amides is 1. The molecule has 0 spiro atoms. The predicted molar refractivity (Wildman–Crippen MR) is 124 cm³/mol. The Bertz CT molecular complexity index is 1320. The quantitative estimate of drug-likeness (QED) is 0.468. The Hall–Kier alpha value is -2.96. The van der Waals surface area contributed by atoms with Crippen molar-refractivity contribution in [2.45, 2.75) is 27.3 Å². The van der Waals surface area contributed by atoms with Crippen LogP contribution in [0.4, 0.5) is 5.69 Å². The summed E-state index contributed by atoms with van der Waals surface area (Å²) in [7, 11) is 0. The number of carbonyl (C=O) groups is 1. The number of benzene rings is 2. The monoisotopic (exact) mass is 437 g/mol. The van der Waals surface area contributed by atoms with Crippen molar-refractivity contribution < 1.29 is 4.79 Å². The van der Waals surface area contributed by atoms with E-state index in [1.165, 1.54) is 22.2 Å². The number of carbonyl (C=O) groups excluding carboxylic acids is 1. The molecular weight excluding hydrogens is 418 g/mol. The molecular formula is C23H20ClN3O2S. The summed E-state index contributed by atoms with van der Waals surface area (Å²) in [5, 5.41) is 4.06. The number of rotatable bonds is 4. The van der Waals surface area contributed by atoms with Crippen LogP contribution in [0.5, 0.6) is 0 Å². The predicted octanol–water partition coefficient (Wildman–Crippen LogP) is 5.34. The lowest BCUT2D eigenvalue weighted by Crippen LogP contribution is -2.28. The van der Waals surface area contributed by atoms with Crippen molar-refractivity contribution >= 4 is 44.7 Å². The minimum absolute atomic E-state index is 0.107. The first-order valence-electron chi connectivity index (χ1n) is 9.45. The molecule has 1 amide bonds. The van der Waals surface area contributed by atoms with Gasteiger partial charge in [-0.3, -0.25) is 14.2 Å². The largest absolute Gasteiger partial charge is 0.324 e. The molecule has 2 aromatic carbocycles. The summed E-state index contributed by atoms with van der Waals surface area (Å²) in [6.45, 7) is 5.80. The molecule has 30 heavy (non-hydrogen) atoms. The molecule has 2 heterocycles.